The van der Waals surface area contributed by atoms with Crippen molar-refractivity contribution in [3.05, 3.63) is 46.2 Å². The predicted octanol–water partition coefficient (Wildman–Crippen LogP) is 3.29. The molecule has 3 unspecified atom stereocenters. The van der Waals surface area contributed by atoms with E-state index in [0.29, 0.717) is 31.2 Å². The van der Waals surface area contributed by atoms with Crippen LogP contribution in [0.1, 0.15) is 60.8 Å². The van der Waals surface area contributed by atoms with Gasteiger partial charge < -0.3 is 9.74 Å². The van der Waals surface area contributed by atoms with Crippen LogP contribution < -0.4 is 5.48 Å². The number of amides is 1. The van der Waals surface area contributed by atoms with Crippen LogP contribution in [0, 0.1) is 32.6 Å². The molecule has 0 radical (unpaired) electrons. The summed E-state index contributed by atoms with van der Waals surface area (Å²) in [6.07, 6.45) is 4.63. The topological polar surface area (TPSA) is 75.7 Å². The number of rotatable bonds is 4. The number of likely N-dealkylation sites (tertiary alicyclic amines) is 1. The van der Waals surface area contributed by atoms with Crippen LogP contribution >= 0.6 is 0 Å². The molecule has 3 atom stereocenters. The van der Waals surface area contributed by atoms with Crippen LogP contribution in [0.4, 0.5) is 0 Å². The number of allylic oxidation sites excluding steroid dienone is 1. The lowest BCUT2D eigenvalue weighted by molar-refractivity contribution is -0.135. The van der Waals surface area contributed by atoms with E-state index in [1.54, 1.807) is 6.08 Å². The first-order valence-electron chi connectivity index (χ1n) is 11.3. The van der Waals surface area contributed by atoms with Crippen molar-refractivity contribution in [2.75, 3.05) is 13.1 Å². The molecule has 2 heterocycles. The van der Waals surface area contributed by atoms with Crippen LogP contribution in [-0.4, -0.2) is 41.5 Å². The molecule has 31 heavy (non-hydrogen) atoms. The van der Waals surface area contributed by atoms with Gasteiger partial charge in [-0.3, -0.25) is 14.4 Å². The molecular weight excluding hydrogens is 392 g/mol. The molecule has 1 aromatic rings. The highest BCUT2D eigenvalue weighted by Crippen LogP contribution is 2.40. The maximum atomic E-state index is 13.2. The summed E-state index contributed by atoms with van der Waals surface area (Å²) in [5, 5.41) is 0. The number of carbonyl (C=O) groups excluding carboxylic acids is 3. The van der Waals surface area contributed by atoms with Crippen molar-refractivity contribution in [3.63, 3.8) is 0 Å². The Morgan fingerprint density at radius 3 is 2.32 bits per heavy atom. The molecule has 2 fully saturated rings. The Balaban J connectivity index is 1.37. The molecule has 4 rings (SSSR count). The number of ketones is 2. The van der Waals surface area contributed by atoms with E-state index in [1.165, 1.54) is 0 Å². The van der Waals surface area contributed by atoms with Gasteiger partial charge in [-0.15, -0.1) is 5.48 Å². The van der Waals surface area contributed by atoms with Crippen LogP contribution in [0.3, 0.4) is 0 Å². The number of hydroxylamine groups is 1. The molecular formula is C25H32N2O4. The third-order valence-corrected chi connectivity index (χ3v) is 7.04. The second-order valence-corrected chi connectivity index (χ2v) is 9.49. The minimum Gasteiger partial charge on any atom is -0.413 e. The Kier molecular flexibility index (Phi) is 6.02. The highest BCUT2D eigenvalue weighted by molar-refractivity contribution is 6.15. The fourth-order valence-corrected chi connectivity index (χ4v) is 5.57. The molecule has 0 bridgehead atoms. The lowest BCUT2D eigenvalue weighted by atomic mass is 9.83. The molecule has 3 aliphatic rings. The van der Waals surface area contributed by atoms with Gasteiger partial charge in [-0.25, -0.2) is 0 Å². The zero-order valence-corrected chi connectivity index (χ0v) is 18.9. The summed E-state index contributed by atoms with van der Waals surface area (Å²) in [7, 11) is 0. The van der Waals surface area contributed by atoms with E-state index in [1.807, 2.05) is 32.6 Å². The molecule has 2 aliphatic heterocycles. The summed E-state index contributed by atoms with van der Waals surface area (Å²) in [5.41, 5.74) is 6.88. The standard InChI is InChI=1S/C25H32N2O4/c1-14-9-15(2)22(16(3)10-14)23-21(28)13-19(24(23)29)12-18-5-7-27(8-6-18)25(30)20-11-17(4)31-26-20/h9-11,18-20,23,26H,5-8,12-13H2,1-4H3. The summed E-state index contributed by atoms with van der Waals surface area (Å²) in [6, 6.07) is 3.71. The quantitative estimate of drug-likeness (QED) is 0.751. The summed E-state index contributed by atoms with van der Waals surface area (Å²) >= 11 is 0. The first kappa shape index (κ1) is 21.8. The lowest BCUT2D eigenvalue weighted by Gasteiger charge is -2.33. The third kappa shape index (κ3) is 4.31. The maximum absolute atomic E-state index is 13.2. The van der Waals surface area contributed by atoms with Gasteiger partial charge in [0, 0.05) is 25.4 Å². The number of hydrogen-bond acceptors (Lipinski definition) is 5. The zero-order valence-electron chi connectivity index (χ0n) is 18.9. The van der Waals surface area contributed by atoms with E-state index >= 15 is 0 Å². The van der Waals surface area contributed by atoms with Gasteiger partial charge in [0.2, 0.25) is 5.91 Å². The SMILES string of the molecule is CC1=CC(C(=O)N2CCC(CC3CC(=O)C(c4c(C)cc(C)cc4C)C3=O)CC2)NO1. The number of hydrogen-bond donors (Lipinski definition) is 1. The van der Waals surface area contributed by atoms with Crippen molar-refractivity contribution in [2.45, 2.75) is 65.3 Å². The van der Waals surface area contributed by atoms with E-state index in [0.717, 1.165) is 41.5 Å². The van der Waals surface area contributed by atoms with Crippen molar-refractivity contribution in [1.29, 1.82) is 0 Å². The van der Waals surface area contributed by atoms with Crippen molar-refractivity contribution in [3.8, 4) is 0 Å². The number of piperidine rings is 1. The second kappa shape index (κ2) is 8.58. The largest absolute Gasteiger partial charge is 0.413 e. The molecule has 1 aromatic carbocycles. The predicted molar refractivity (Wildman–Crippen MR) is 117 cm³/mol. The molecule has 6 nitrogen and oxygen atoms in total. The molecule has 1 N–H and O–H groups in total. The number of nitrogens with zero attached hydrogens (tertiary/aromatic N) is 1. The maximum Gasteiger partial charge on any atom is 0.247 e. The Hall–Kier alpha value is -2.47. The summed E-state index contributed by atoms with van der Waals surface area (Å²) in [4.78, 5) is 45.8. The zero-order chi connectivity index (χ0) is 22.3. The Morgan fingerprint density at radius 1 is 1.10 bits per heavy atom. The van der Waals surface area contributed by atoms with Gasteiger partial charge in [0.25, 0.3) is 0 Å². The van der Waals surface area contributed by atoms with Gasteiger partial charge in [0.15, 0.2) is 5.78 Å². The molecule has 1 saturated heterocycles. The Labute approximate surface area is 184 Å². The number of carbonyl (C=O) groups is 3. The Morgan fingerprint density at radius 2 is 1.74 bits per heavy atom. The number of aryl methyl sites for hydroxylation is 3. The second-order valence-electron chi connectivity index (χ2n) is 9.49. The molecule has 1 saturated carbocycles. The van der Waals surface area contributed by atoms with Crippen molar-refractivity contribution < 1.29 is 19.2 Å². The fraction of sp³-hybridized carbons (Fsp3) is 0.560. The minimum absolute atomic E-state index is 0.0350. The summed E-state index contributed by atoms with van der Waals surface area (Å²) in [5.74, 6) is 0.476. The normalized spacial score (nSPS) is 26.9. The van der Waals surface area contributed by atoms with Crippen molar-refractivity contribution >= 4 is 17.5 Å². The van der Waals surface area contributed by atoms with E-state index in [9.17, 15) is 14.4 Å². The van der Waals surface area contributed by atoms with E-state index in [2.05, 4.69) is 17.6 Å². The highest BCUT2D eigenvalue weighted by Gasteiger charge is 2.44. The van der Waals surface area contributed by atoms with Crippen LogP contribution in [0.15, 0.2) is 24.0 Å². The lowest BCUT2D eigenvalue weighted by Crippen LogP contribution is -2.46. The van der Waals surface area contributed by atoms with Gasteiger partial charge >= 0.3 is 0 Å². The number of Topliss-reactive ketones (excluding diaryl/α,β-unsaturated/α-hetero) is 2. The highest BCUT2D eigenvalue weighted by atomic mass is 16.7. The first-order chi connectivity index (χ1) is 14.7. The molecule has 166 valence electrons. The summed E-state index contributed by atoms with van der Waals surface area (Å²) in [6.45, 7) is 9.22. The van der Waals surface area contributed by atoms with Crippen LogP contribution in [-0.2, 0) is 19.2 Å². The van der Waals surface area contributed by atoms with Gasteiger partial charge in [0.1, 0.15) is 23.5 Å². The molecule has 0 aromatic heterocycles. The van der Waals surface area contributed by atoms with Crippen LogP contribution in [0.25, 0.3) is 0 Å². The van der Waals surface area contributed by atoms with Crippen molar-refractivity contribution in [1.82, 2.24) is 10.4 Å². The van der Waals surface area contributed by atoms with E-state index < -0.39 is 12.0 Å². The number of benzene rings is 1. The first-order valence-corrected chi connectivity index (χ1v) is 11.3. The Bertz CT molecular complexity index is 920. The molecule has 1 amide bonds. The summed E-state index contributed by atoms with van der Waals surface area (Å²) < 4.78 is 0. The molecule has 1 aliphatic carbocycles. The average molecular weight is 425 g/mol. The number of nitrogens with one attached hydrogen (secondary N) is 1. The van der Waals surface area contributed by atoms with Gasteiger partial charge in [0.05, 0.1) is 0 Å². The monoisotopic (exact) mass is 424 g/mol. The van der Waals surface area contributed by atoms with Gasteiger partial charge in [-0.2, -0.15) is 0 Å². The van der Waals surface area contributed by atoms with Crippen molar-refractivity contribution in [2.24, 2.45) is 11.8 Å². The van der Waals surface area contributed by atoms with Crippen LogP contribution in [0.5, 0.6) is 0 Å². The fourth-order valence-electron chi connectivity index (χ4n) is 5.57. The van der Waals surface area contributed by atoms with Crippen LogP contribution in [0.2, 0.25) is 0 Å². The average Bonchev–Trinajstić information content (AvgIpc) is 3.26. The molecule has 6 heteroatoms. The van der Waals surface area contributed by atoms with Gasteiger partial charge in [-0.1, -0.05) is 17.7 Å². The molecule has 0 spiro atoms. The van der Waals surface area contributed by atoms with E-state index in [4.69, 9.17) is 4.84 Å². The smallest absolute Gasteiger partial charge is 0.247 e. The van der Waals surface area contributed by atoms with Gasteiger partial charge in [-0.05, 0) is 75.6 Å². The minimum atomic E-state index is -0.601. The van der Waals surface area contributed by atoms with E-state index in [-0.39, 0.29) is 23.4 Å². The third-order valence-electron chi connectivity index (χ3n) is 7.04.